The molecule has 0 aliphatic carbocycles. The number of rotatable bonds is 2. The fourth-order valence-electron chi connectivity index (χ4n) is 0.781. The molecule has 66 valence electrons. The molecular weight excluding hydrogens is 239 g/mol. The average molecular weight is 245 g/mol. The van der Waals surface area contributed by atoms with E-state index < -0.39 is 11.1 Å². The summed E-state index contributed by atoms with van der Waals surface area (Å²) < 4.78 is 26.0. The monoisotopic (exact) mass is 244 g/mol. The summed E-state index contributed by atoms with van der Waals surface area (Å²) in [4.78, 5) is 0.0741. The van der Waals surface area contributed by atoms with Crippen LogP contribution in [-0.4, -0.2) is 15.9 Å². The van der Waals surface area contributed by atoms with Crippen molar-refractivity contribution in [1.82, 2.24) is 0 Å². The minimum Gasteiger partial charge on any atom is -0.768 e. The first kappa shape index (κ1) is 14.1. The first-order valence-corrected chi connectivity index (χ1v) is 4.53. The van der Waals surface area contributed by atoms with Crippen LogP contribution in [-0.2, 0) is 11.1 Å². The Morgan fingerprint density at radius 2 is 2.15 bits per heavy atom. The molecule has 6 heteroatoms. The zero-order chi connectivity index (χ0) is 9.14. The van der Waals surface area contributed by atoms with E-state index in [0.717, 1.165) is 0 Å². The van der Waals surface area contributed by atoms with Crippen molar-refractivity contribution < 1.29 is 64.9 Å². The molecule has 0 bridgehead atoms. The molecule has 1 aromatic carbocycles. The summed E-state index contributed by atoms with van der Waals surface area (Å²) in [5, 5.41) is 0.370. The zero-order valence-electron chi connectivity index (χ0n) is 7.24. The van der Waals surface area contributed by atoms with E-state index >= 15 is 0 Å². The summed E-state index contributed by atoms with van der Waals surface area (Å²) >= 11 is 3.28. The van der Waals surface area contributed by atoms with Crippen LogP contribution in [0.4, 0.5) is 0 Å². The van der Waals surface area contributed by atoms with Gasteiger partial charge in [0.25, 0.3) is 0 Å². The van der Waals surface area contributed by atoms with Crippen LogP contribution in [0.1, 0.15) is 0 Å². The van der Waals surface area contributed by atoms with Crippen molar-refractivity contribution >= 4 is 22.7 Å². The van der Waals surface area contributed by atoms with E-state index in [-0.39, 0.29) is 56.3 Å². The van der Waals surface area contributed by atoms with Crippen LogP contribution in [0.15, 0.2) is 23.1 Å². The molecule has 0 N–H and O–H groups in total. The summed E-state index contributed by atoms with van der Waals surface area (Å²) in [6.45, 7) is 0. The summed E-state index contributed by atoms with van der Waals surface area (Å²) in [7, 11) is 1.40. The van der Waals surface area contributed by atoms with Crippen LogP contribution in [0.3, 0.4) is 0 Å². The van der Waals surface area contributed by atoms with Crippen molar-refractivity contribution in [3.05, 3.63) is 23.2 Å². The molecule has 1 rings (SSSR count). The van der Waals surface area contributed by atoms with E-state index in [0.29, 0.717) is 10.8 Å². The minimum absolute atomic E-state index is 0. The van der Waals surface area contributed by atoms with Gasteiger partial charge in [0.2, 0.25) is 0 Å². The van der Waals surface area contributed by atoms with Crippen molar-refractivity contribution in [3.8, 4) is 5.75 Å². The normalized spacial score (nSPS) is 11.6. The Morgan fingerprint density at radius 1 is 1.54 bits per heavy atom. The van der Waals surface area contributed by atoms with Crippen LogP contribution in [0, 0.1) is 0 Å². The van der Waals surface area contributed by atoms with Gasteiger partial charge < -0.3 is 9.29 Å². The van der Waals surface area contributed by atoms with Crippen LogP contribution in [0.25, 0.3) is 0 Å². The van der Waals surface area contributed by atoms with Gasteiger partial charge in [0.05, 0.1) is 12.0 Å². The van der Waals surface area contributed by atoms with Gasteiger partial charge in [-0.3, -0.25) is 4.21 Å². The number of ether oxygens (including phenoxy) is 1. The molecule has 1 aromatic rings. The number of methoxy groups -OCH3 is 1. The van der Waals surface area contributed by atoms with Gasteiger partial charge in [-0.2, -0.15) is 0 Å². The topological polar surface area (TPSA) is 49.4 Å². The Labute approximate surface area is 127 Å². The molecule has 0 aliphatic heterocycles. The zero-order valence-corrected chi connectivity index (χ0v) is 11.9. The standard InChI is InChI=1S/C7H7ClO3S.K/c1-11-6-3-2-5(8)4-7(6)12(9)10;/h2-4H,1H3,(H,9,10);/q;+1/p-1. The van der Waals surface area contributed by atoms with Gasteiger partial charge in [0.1, 0.15) is 5.75 Å². The van der Waals surface area contributed by atoms with Gasteiger partial charge in [-0.1, -0.05) is 11.6 Å². The van der Waals surface area contributed by atoms with E-state index in [2.05, 4.69) is 0 Å². The largest absolute Gasteiger partial charge is 1.00 e. The predicted molar refractivity (Wildman–Crippen MR) is 45.2 cm³/mol. The van der Waals surface area contributed by atoms with E-state index in [4.69, 9.17) is 16.3 Å². The second-order valence-electron chi connectivity index (χ2n) is 2.03. The van der Waals surface area contributed by atoms with Crippen molar-refractivity contribution in [3.63, 3.8) is 0 Å². The van der Waals surface area contributed by atoms with E-state index in [1.807, 2.05) is 0 Å². The van der Waals surface area contributed by atoms with E-state index in [1.165, 1.54) is 19.2 Å². The first-order valence-electron chi connectivity index (χ1n) is 3.08. The maximum Gasteiger partial charge on any atom is 1.00 e. The van der Waals surface area contributed by atoms with Gasteiger partial charge in [0, 0.05) is 5.02 Å². The molecule has 0 radical (unpaired) electrons. The maximum atomic E-state index is 10.6. The number of halogens is 1. The van der Waals surface area contributed by atoms with Crippen LogP contribution < -0.4 is 56.1 Å². The third-order valence-electron chi connectivity index (χ3n) is 1.31. The van der Waals surface area contributed by atoms with Gasteiger partial charge in [-0.25, -0.2) is 0 Å². The van der Waals surface area contributed by atoms with E-state index in [1.54, 1.807) is 6.07 Å². The fraction of sp³-hybridized carbons (Fsp3) is 0.143. The van der Waals surface area contributed by atoms with Gasteiger partial charge in [-0.05, 0) is 29.3 Å². The third kappa shape index (κ3) is 3.97. The first-order chi connectivity index (χ1) is 5.65. The number of hydrogen-bond donors (Lipinski definition) is 0. The molecular formula is C7H6ClKO3S. The second-order valence-corrected chi connectivity index (χ2v) is 3.38. The van der Waals surface area contributed by atoms with Crippen LogP contribution >= 0.6 is 11.6 Å². The molecule has 0 saturated carbocycles. The summed E-state index contributed by atoms with van der Waals surface area (Å²) in [5.41, 5.74) is 0. The molecule has 0 aliphatic rings. The predicted octanol–water partition coefficient (Wildman–Crippen LogP) is -1.41. The quantitative estimate of drug-likeness (QED) is 0.475. The summed E-state index contributed by atoms with van der Waals surface area (Å²) in [6, 6.07) is 4.41. The van der Waals surface area contributed by atoms with Gasteiger partial charge in [0.15, 0.2) is 0 Å². The van der Waals surface area contributed by atoms with Gasteiger partial charge in [-0.15, -0.1) is 0 Å². The molecule has 0 amide bonds. The molecule has 0 spiro atoms. The Kier molecular flexibility index (Phi) is 7.05. The van der Waals surface area contributed by atoms with Crippen molar-refractivity contribution in [1.29, 1.82) is 0 Å². The van der Waals surface area contributed by atoms with Crippen LogP contribution in [0.5, 0.6) is 5.75 Å². The van der Waals surface area contributed by atoms with Crippen molar-refractivity contribution in [2.24, 2.45) is 0 Å². The van der Waals surface area contributed by atoms with Crippen LogP contribution in [0.2, 0.25) is 5.02 Å². The maximum absolute atomic E-state index is 10.6. The smallest absolute Gasteiger partial charge is 0.768 e. The SMILES string of the molecule is COc1ccc(Cl)cc1S(=O)[O-].[K+]. The van der Waals surface area contributed by atoms with Crippen molar-refractivity contribution in [2.45, 2.75) is 4.90 Å². The number of hydrogen-bond acceptors (Lipinski definition) is 3. The Bertz CT molecular complexity index is 319. The fourth-order valence-corrected chi connectivity index (χ4v) is 1.56. The van der Waals surface area contributed by atoms with E-state index in [9.17, 15) is 8.76 Å². The summed E-state index contributed by atoms with van der Waals surface area (Å²) in [6.07, 6.45) is 0. The number of benzene rings is 1. The Morgan fingerprint density at radius 3 is 2.62 bits per heavy atom. The Balaban J connectivity index is 0.00000144. The Hall–Kier alpha value is 1.06. The molecule has 13 heavy (non-hydrogen) atoms. The molecule has 0 saturated heterocycles. The molecule has 0 fully saturated rings. The molecule has 3 nitrogen and oxygen atoms in total. The van der Waals surface area contributed by atoms with Gasteiger partial charge >= 0.3 is 51.4 Å². The minimum atomic E-state index is -2.31. The molecule has 0 aromatic heterocycles. The molecule has 0 heterocycles. The average Bonchev–Trinajstić information content (AvgIpc) is 2.04. The molecule has 1 unspecified atom stereocenters. The summed E-state index contributed by atoms with van der Waals surface area (Å²) in [5.74, 6) is 0.299. The molecule has 1 atom stereocenters. The van der Waals surface area contributed by atoms with Crippen molar-refractivity contribution in [2.75, 3.05) is 7.11 Å². The third-order valence-corrected chi connectivity index (χ3v) is 2.22. The second kappa shape index (κ2) is 6.52.